The second kappa shape index (κ2) is 12.9. The maximum atomic E-state index is 13.3. The van der Waals surface area contributed by atoms with Gasteiger partial charge in [-0.05, 0) is 60.3 Å². The number of phenols is 1. The molecule has 0 aromatic heterocycles. The third kappa shape index (κ3) is 7.70. The molecule has 0 fully saturated rings. The van der Waals surface area contributed by atoms with Crippen molar-refractivity contribution in [2.24, 2.45) is 10.2 Å². The second-order valence-electron chi connectivity index (χ2n) is 10.1. The Balaban J connectivity index is 1.69. The van der Waals surface area contributed by atoms with Crippen LogP contribution < -0.4 is 9.46 Å². The third-order valence-electron chi connectivity index (χ3n) is 6.69. The molecule has 13 nitrogen and oxygen atoms in total. The number of benzene rings is 5. The van der Waals surface area contributed by atoms with Crippen LogP contribution in [0.5, 0.6) is 11.5 Å². The first kappa shape index (κ1) is 33.8. The smallest absolute Gasteiger partial charge is 0.296 e. The first-order chi connectivity index (χ1) is 22.0. The normalized spacial score (nSPS) is 12.4. The van der Waals surface area contributed by atoms with E-state index in [1.54, 1.807) is 6.92 Å². The van der Waals surface area contributed by atoms with Gasteiger partial charge in [-0.2, -0.15) is 16.8 Å². The summed E-state index contributed by atoms with van der Waals surface area (Å²) in [7, 11) is -14.6. The fraction of sp³-hybridized carbons (Fsp3) is 0.0667. The van der Waals surface area contributed by atoms with E-state index >= 15 is 0 Å². The van der Waals surface area contributed by atoms with Crippen LogP contribution in [0.15, 0.2) is 116 Å². The van der Waals surface area contributed by atoms with Crippen molar-refractivity contribution in [1.82, 2.24) is 0 Å². The van der Waals surface area contributed by atoms with Gasteiger partial charge in [-0.1, -0.05) is 59.6 Å². The number of aromatic hydroxyl groups is 1. The van der Waals surface area contributed by atoms with E-state index in [1.165, 1.54) is 42.5 Å². The van der Waals surface area contributed by atoms with E-state index in [4.69, 9.17) is 16.3 Å². The quantitative estimate of drug-likeness (QED) is 0.0877. The zero-order chi connectivity index (χ0) is 34.1. The van der Waals surface area contributed by atoms with E-state index < -0.39 is 67.9 Å². The molecule has 17 heteroatoms. The minimum absolute atomic E-state index is 0.0353. The van der Waals surface area contributed by atoms with Gasteiger partial charge in [0.05, 0.1) is 20.9 Å². The Morgan fingerprint density at radius 1 is 0.787 bits per heavy atom. The summed E-state index contributed by atoms with van der Waals surface area (Å²) >= 11 is 6.14. The summed E-state index contributed by atoms with van der Waals surface area (Å²) in [5.41, 5.74) is 0.209. The van der Waals surface area contributed by atoms with Crippen molar-refractivity contribution >= 4 is 69.7 Å². The van der Waals surface area contributed by atoms with Crippen molar-refractivity contribution in [1.29, 1.82) is 0 Å². The van der Waals surface area contributed by atoms with Crippen LogP contribution in [0, 0.1) is 6.92 Å². The Bertz CT molecular complexity index is 2370. The number of ether oxygens (including phenoxy) is 1. The molecule has 4 N–H and O–H groups in total. The Morgan fingerprint density at radius 3 is 2.11 bits per heavy atom. The van der Waals surface area contributed by atoms with Gasteiger partial charge in [0.15, 0.2) is 5.75 Å². The number of phenolic OH excluding ortho intramolecular Hbond substituents is 1. The van der Waals surface area contributed by atoms with Crippen molar-refractivity contribution in [2.45, 2.75) is 28.2 Å². The van der Waals surface area contributed by atoms with Gasteiger partial charge in [0.1, 0.15) is 28.6 Å². The fourth-order valence-electron chi connectivity index (χ4n) is 4.43. The number of azo groups is 1. The molecular weight excluding hydrogens is 694 g/mol. The van der Waals surface area contributed by atoms with Gasteiger partial charge in [0, 0.05) is 11.1 Å². The summed E-state index contributed by atoms with van der Waals surface area (Å²) in [6, 6.07) is 21.2. The van der Waals surface area contributed by atoms with E-state index in [2.05, 4.69) is 15.0 Å². The van der Waals surface area contributed by atoms with Gasteiger partial charge in [-0.15, -0.1) is 10.2 Å². The Hall–Kier alpha value is -4.58. The molecule has 0 radical (unpaired) electrons. The third-order valence-corrected chi connectivity index (χ3v) is 10.0. The maximum absolute atomic E-state index is 13.3. The predicted octanol–water partition coefficient (Wildman–Crippen LogP) is 6.80. The summed E-state index contributed by atoms with van der Waals surface area (Å²) in [6.07, 6.45) is 0. The SMILES string of the molecule is Cc1ccc(S(=O)(=O)Nc2cc(S(=O)(=O)O)cc3cc(S(=O)(=O)O)c(N=Nc4ccc(Cl)cc4OCc4ccccc4)c(O)c23)cc1. The highest BCUT2D eigenvalue weighted by Gasteiger charge is 2.27. The molecule has 0 saturated carbocycles. The first-order valence-corrected chi connectivity index (χ1v) is 18.0. The number of fused-ring (bicyclic) bond motifs is 1. The van der Waals surface area contributed by atoms with Crippen molar-refractivity contribution in [2.75, 3.05) is 4.72 Å². The molecule has 0 aliphatic carbocycles. The average Bonchev–Trinajstić information content (AvgIpc) is 2.99. The summed E-state index contributed by atoms with van der Waals surface area (Å²) in [4.78, 5) is -2.08. The molecule has 47 heavy (non-hydrogen) atoms. The van der Waals surface area contributed by atoms with E-state index in [-0.39, 0.29) is 28.0 Å². The molecule has 0 atom stereocenters. The van der Waals surface area contributed by atoms with Crippen LogP contribution in [-0.4, -0.2) is 39.5 Å². The second-order valence-corrected chi connectivity index (χ2v) is 15.0. The average molecular weight is 718 g/mol. The number of halogens is 1. The van der Waals surface area contributed by atoms with Crippen LogP contribution >= 0.6 is 11.6 Å². The monoisotopic (exact) mass is 717 g/mol. The van der Waals surface area contributed by atoms with Gasteiger partial charge in [0.25, 0.3) is 30.3 Å². The van der Waals surface area contributed by atoms with Crippen molar-refractivity contribution < 1.29 is 44.2 Å². The molecule has 0 saturated heterocycles. The number of nitrogens with zero attached hydrogens (tertiary/aromatic N) is 2. The van der Waals surface area contributed by atoms with Gasteiger partial charge < -0.3 is 9.84 Å². The van der Waals surface area contributed by atoms with Crippen LogP contribution in [0.1, 0.15) is 11.1 Å². The minimum Gasteiger partial charge on any atom is -0.505 e. The molecule has 5 aromatic rings. The molecule has 244 valence electrons. The summed E-state index contributed by atoms with van der Waals surface area (Å²) in [5, 5.41) is 18.7. The molecule has 0 aliphatic rings. The largest absolute Gasteiger partial charge is 0.505 e. The molecule has 0 heterocycles. The van der Waals surface area contributed by atoms with Crippen LogP contribution in [0.25, 0.3) is 10.8 Å². The lowest BCUT2D eigenvalue weighted by Crippen LogP contribution is -2.14. The molecule has 5 aromatic carbocycles. The zero-order valence-corrected chi connectivity index (χ0v) is 27.3. The van der Waals surface area contributed by atoms with Gasteiger partial charge in [-0.3, -0.25) is 13.8 Å². The van der Waals surface area contributed by atoms with Crippen LogP contribution in [0.2, 0.25) is 5.02 Å². The predicted molar refractivity (Wildman–Crippen MR) is 174 cm³/mol. The highest BCUT2D eigenvalue weighted by molar-refractivity contribution is 7.92. The molecule has 0 unspecified atom stereocenters. The molecule has 0 aliphatic heterocycles. The molecule has 0 spiro atoms. The Labute approximate surface area is 274 Å². The van der Waals surface area contributed by atoms with Gasteiger partial charge in [-0.25, -0.2) is 8.42 Å². The number of sulfonamides is 1. The van der Waals surface area contributed by atoms with Gasteiger partial charge >= 0.3 is 0 Å². The lowest BCUT2D eigenvalue weighted by atomic mass is 10.1. The number of anilines is 1. The molecule has 5 rings (SSSR count). The number of aryl methyl sites for hydroxylation is 1. The lowest BCUT2D eigenvalue weighted by Gasteiger charge is -2.16. The number of rotatable bonds is 10. The van der Waals surface area contributed by atoms with Gasteiger partial charge in [0.2, 0.25) is 0 Å². The number of hydrogen-bond donors (Lipinski definition) is 4. The highest BCUT2D eigenvalue weighted by Crippen LogP contribution is 2.46. The molecule has 0 amide bonds. The van der Waals surface area contributed by atoms with E-state index in [9.17, 15) is 39.5 Å². The van der Waals surface area contributed by atoms with Crippen LogP contribution in [-0.2, 0) is 36.9 Å². The Morgan fingerprint density at radius 2 is 1.47 bits per heavy atom. The summed E-state index contributed by atoms with van der Waals surface area (Å²) < 4.78 is 103. The highest BCUT2D eigenvalue weighted by atomic mass is 35.5. The van der Waals surface area contributed by atoms with E-state index in [0.717, 1.165) is 29.3 Å². The topological polar surface area (TPSA) is 209 Å². The number of nitrogens with one attached hydrogen (secondary N) is 1. The lowest BCUT2D eigenvalue weighted by molar-refractivity contribution is 0.307. The maximum Gasteiger partial charge on any atom is 0.296 e. The van der Waals surface area contributed by atoms with Crippen molar-refractivity contribution in [3.05, 3.63) is 107 Å². The van der Waals surface area contributed by atoms with Crippen molar-refractivity contribution in [3.8, 4) is 11.5 Å². The minimum atomic E-state index is -5.18. The van der Waals surface area contributed by atoms with E-state index in [1.807, 2.05) is 30.3 Å². The van der Waals surface area contributed by atoms with E-state index in [0.29, 0.717) is 0 Å². The zero-order valence-electron chi connectivity index (χ0n) is 24.1. The Kier molecular flexibility index (Phi) is 9.27. The standard InChI is InChI=1S/C30H24ClN3O10S3/c1-18-7-10-22(11-8-18)45(36,37)34-25-16-23(46(38,39)40)13-20-14-27(47(41,42)43)29(30(35)28(20)25)33-32-24-12-9-21(31)15-26(24)44-17-19-5-3-2-4-6-19/h2-16,34-35H,17H2,1H3,(H,38,39,40)(H,41,42,43). The summed E-state index contributed by atoms with van der Waals surface area (Å²) in [6.45, 7) is 1.83. The fourth-order valence-corrected chi connectivity index (χ4v) is 6.85. The van der Waals surface area contributed by atoms with Crippen LogP contribution in [0.4, 0.5) is 17.1 Å². The van der Waals surface area contributed by atoms with Crippen LogP contribution in [0.3, 0.4) is 0 Å². The summed E-state index contributed by atoms with van der Waals surface area (Å²) in [5.74, 6) is -0.869. The number of hydrogen-bond acceptors (Lipinski definition) is 10. The molecular formula is C30H24ClN3O10S3. The van der Waals surface area contributed by atoms with Crippen molar-refractivity contribution in [3.63, 3.8) is 0 Å². The molecule has 0 bridgehead atoms. The first-order valence-electron chi connectivity index (χ1n) is 13.3.